The second-order valence-corrected chi connectivity index (χ2v) is 7.56. The molecule has 0 bridgehead atoms. The first kappa shape index (κ1) is 18.6. The van der Waals surface area contributed by atoms with Crippen LogP contribution >= 0.6 is 0 Å². The summed E-state index contributed by atoms with van der Waals surface area (Å²) < 4.78 is 0. The van der Waals surface area contributed by atoms with Gasteiger partial charge in [-0.1, -0.05) is 42.5 Å². The Balaban J connectivity index is 1.23. The third-order valence-electron chi connectivity index (χ3n) is 5.51. The molecule has 0 aliphatic carbocycles. The average molecular weight is 401 g/mol. The molecule has 0 unspecified atom stereocenters. The van der Waals surface area contributed by atoms with Gasteiger partial charge in [-0.05, 0) is 16.3 Å². The van der Waals surface area contributed by atoms with Crippen LogP contribution in [0.25, 0.3) is 21.9 Å². The Morgan fingerprint density at radius 2 is 1.50 bits per heavy atom. The van der Waals surface area contributed by atoms with E-state index in [2.05, 4.69) is 77.4 Å². The van der Waals surface area contributed by atoms with Crippen LogP contribution in [-0.4, -0.2) is 61.1 Å². The number of nitrogens with two attached hydrogens (primary N) is 2. The molecule has 1 fully saturated rings. The molecule has 0 radical (unpaired) electrons. The summed E-state index contributed by atoms with van der Waals surface area (Å²) in [4.78, 5) is 17.3. The summed E-state index contributed by atoms with van der Waals surface area (Å²) >= 11 is 0. The average Bonchev–Trinajstić information content (AvgIpc) is 2.76. The lowest BCUT2D eigenvalue weighted by molar-refractivity contribution is 0.120. The maximum atomic E-state index is 5.91. The van der Waals surface area contributed by atoms with Crippen LogP contribution in [0.2, 0.25) is 0 Å². The fraction of sp³-hybridized carbons (Fsp3) is 0.286. The predicted molar refractivity (Wildman–Crippen MR) is 116 cm³/mol. The van der Waals surface area contributed by atoms with Crippen LogP contribution in [0.1, 0.15) is 11.4 Å². The summed E-state index contributed by atoms with van der Waals surface area (Å²) in [7, 11) is 0. The number of fused-ring (bicyclic) bond motifs is 2. The van der Waals surface area contributed by atoms with Crippen molar-refractivity contribution in [3.63, 3.8) is 0 Å². The number of piperazine rings is 1. The Labute approximate surface area is 173 Å². The van der Waals surface area contributed by atoms with E-state index in [9.17, 15) is 0 Å². The highest BCUT2D eigenvalue weighted by Crippen LogP contribution is 2.21. The zero-order valence-electron chi connectivity index (χ0n) is 16.6. The SMILES string of the molecule is Nc1nc(N)c2nc(CN3CCN(Cc4cccc5ccccc45)CC3)nnc2n1. The first-order valence-corrected chi connectivity index (χ1v) is 9.99. The number of hydrogen-bond acceptors (Lipinski definition) is 9. The molecule has 2 aromatic carbocycles. The zero-order chi connectivity index (χ0) is 20.5. The molecular formula is C21H23N9. The van der Waals surface area contributed by atoms with Gasteiger partial charge in [0.1, 0.15) is 0 Å². The van der Waals surface area contributed by atoms with Crippen LogP contribution in [0.4, 0.5) is 11.8 Å². The maximum Gasteiger partial charge on any atom is 0.224 e. The van der Waals surface area contributed by atoms with Crippen LogP contribution in [0.15, 0.2) is 42.5 Å². The highest BCUT2D eigenvalue weighted by molar-refractivity contribution is 5.85. The third-order valence-corrected chi connectivity index (χ3v) is 5.51. The molecule has 1 saturated heterocycles. The van der Waals surface area contributed by atoms with Crippen LogP contribution in [0.5, 0.6) is 0 Å². The number of benzene rings is 2. The maximum absolute atomic E-state index is 5.91. The lowest BCUT2D eigenvalue weighted by atomic mass is 10.0. The van der Waals surface area contributed by atoms with E-state index in [0.29, 0.717) is 23.5 Å². The van der Waals surface area contributed by atoms with Crippen LogP contribution in [0.3, 0.4) is 0 Å². The Kier molecular flexibility index (Phi) is 4.82. The van der Waals surface area contributed by atoms with E-state index < -0.39 is 0 Å². The molecule has 1 aliphatic rings. The van der Waals surface area contributed by atoms with Gasteiger partial charge in [0.2, 0.25) is 11.6 Å². The van der Waals surface area contributed by atoms with E-state index in [-0.39, 0.29) is 11.8 Å². The Bertz CT molecular complexity index is 1200. The van der Waals surface area contributed by atoms with Crippen molar-refractivity contribution in [2.75, 3.05) is 37.6 Å². The molecule has 2 aromatic heterocycles. The van der Waals surface area contributed by atoms with Crippen molar-refractivity contribution in [1.82, 2.24) is 34.9 Å². The van der Waals surface area contributed by atoms with Gasteiger partial charge in [0.05, 0.1) is 6.54 Å². The van der Waals surface area contributed by atoms with Gasteiger partial charge in [0, 0.05) is 32.7 Å². The number of rotatable bonds is 4. The van der Waals surface area contributed by atoms with E-state index >= 15 is 0 Å². The summed E-state index contributed by atoms with van der Waals surface area (Å²) in [6.07, 6.45) is 0. The summed E-state index contributed by atoms with van der Waals surface area (Å²) in [6, 6.07) is 15.1. The van der Waals surface area contributed by atoms with Crippen molar-refractivity contribution in [2.24, 2.45) is 0 Å². The van der Waals surface area contributed by atoms with Crippen molar-refractivity contribution < 1.29 is 0 Å². The molecule has 0 saturated carbocycles. The minimum atomic E-state index is 0.0752. The smallest absolute Gasteiger partial charge is 0.224 e. The molecule has 4 N–H and O–H groups in total. The number of nitrogen functional groups attached to an aromatic ring is 2. The van der Waals surface area contributed by atoms with Gasteiger partial charge in [-0.25, -0.2) is 4.98 Å². The van der Waals surface area contributed by atoms with Gasteiger partial charge in [-0.2, -0.15) is 9.97 Å². The molecule has 0 amide bonds. The van der Waals surface area contributed by atoms with Crippen molar-refractivity contribution >= 4 is 33.7 Å². The standard InChI is InChI=1S/C21H23N9/c22-19-18-20(26-21(23)25-19)28-27-17(24-18)13-30-10-8-29(9-11-30)12-15-6-3-5-14-4-1-2-7-16(14)15/h1-7H,8-13H2,(H4,22,23,25,26,28). The second kappa shape index (κ2) is 7.77. The molecule has 9 nitrogen and oxygen atoms in total. The lowest BCUT2D eigenvalue weighted by Crippen LogP contribution is -2.45. The Morgan fingerprint density at radius 3 is 2.33 bits per heavy atom. The minimum Gasteiger partial charge on any atom is -0.382 e. The van der Waals surface area contributed by atoms with Gasteiger partial charge >= 0.3 is 0 Å². The second-order valence-electron chi connectivity index (χ2n) is 7.56. The molecule has 1 aliphatic heterocycles. The molecule has 30 heavy (non-hydrogen) atoms. The quantitative estimate of drug-likeness (QED) is 0.523. The molecule has 5 rings (SSSR count). The molecule has 0 atom stereocenters. The molecule has 4 aromatic rings. The van der Waals surface area contributed by atoms with Gasteiger partial charge in [-0.15, -0.1) is 10.2 Å². The van der Waals surface area contributed by atoms with E-state index in [1.807, 2.05) is 0 Å². The first-order chi connectivity index (χ1) is 14.7. The largest absolute Gasteiger partial charge is 0.382 e. The summed E-state index contributed by atoms with van der Waals surface area (Å²) in [5.41, 5.74) is 13.7. The van der Waals surface area contributed by atoms with Gasteiger partial charge in [0.15, 0.2) is 17.2 Å². The summed E-state index contributed by atoms with van der Waals surface area (Å²) in [6.45, 7) is 5.45. The number of nitrogens with zero attached hydrogens (tertiary/aromatic N) is 7. The van der Waals surface area contributed by atoms with Crippen molar-refractivity contribution in [1.29, 1.82) is 0 Å². The summed E-state index contributed by atoms with van der Waals surface area (Å²) in [5, 5.41) is 10.9. The fourth-order valence-electron chi connectivity index (χ4n) is 3.95. The number of aromatic nitrogens is 5. The molecular weight excluding hydrogens is 378 g/mol. The summed E-state index contributed by atoms with van der Waals surface area (Å²) in [5.74, 6) is 0.921. The predicted octanol–water partition coefficient (Wildman–Crippen LogP) is 1.45. The van der Waals surface area contributed by atoms with Crippen molar-refractivity contribution in [3.8, 4) is 0 Å². The zero-order valence-corrected chi connectivity index (χ0v) is 16.6. The van der Waals surface area contributed by atoms with Gasteiger partial charge < -0.3 is 11.5 Å². The van der Waals surface area contributed by atoms with Crippen molar-refractivity contribution in [2.45, 2.75) is 13.1 Å². The molecule has 3 heterocycles. The Morgan fingerprint density at radius 1 is 0.767 bits per heavy atom. The topological polar surface area (TPSA) is 123 Å². The molecule has 152 valence electrons. The van der Waals surface area contributed by atoms with Crippen molar-refractivity contribution in [3.05, 3.63) is 53.9 Å². The first-order valence-electron chi connectivity index (χ1n) is 9.99. The van der Waals surface area contributed by atoms with Crippen LogP contribution < -0.4 is 11.5 Å². The van der Waals surface area contributed by atoms with Gasteiger partial charge in [0.25, 0.3) is 0 Å². The Hall–Kier alpha value is -3.43. The number of anilines is 2. The fourth-order valence-corrected chi connectivity index (χ4v) is 3.95. The lowest BCUT2D eigenvalue weighted by Gasteiger charge is -2.34. The molecule has 0 spiro atoms. The van der Waals surface area contributed by atoms with E-state index in [0.717, 1.165) is 32.7 Å². The van der Waals surface area contributed by atoms with E-state index in [4.69, 9.17) is 11.5 Å². The normalized spacial score (nSPS) is 15.7. The minimum absolute atomic E-state index is 0.0752. The highest BCUT2D eigenvalue weighted by Gasteiger charge is 2.19. The monoisotopic (exact) mass is 401 g/mol. The van der Waals surface area contributed by atoms with E-state index in [1.54, 1.807) is 0 Å². The highest BCUT2D eigenvalue weighted by atomic mass is 15.3. The third kappa shape index (κ3) is 3.72. The number of hydrogen-bond donors (Lipinski definition) is 2. The van der Waals surface area contributed by atoms with E-state index in [1.165, 1.54) is 16.3 Å². The van der Waals surface area contributed by atoms with Crippen LogP contribution in [0, 0.1) is 0 Å². The van der Waals surface area contributed by atoms with Gasteiger partial charge in [-0.3, -0.25) is 9.80 Å². The van der Waals surface area contributed by atoms with Crippen LogP contribution in [-0.2, 0) is 13.1 Å². The molecule has 9 heteroatoms.